The molecule has 4 aliphatic rings. The summed E-state index contributed by atoms with van der Waals surface area (Å²) in [4.78, 5) is 50.4. The summed E-state index contributed by atoms with van der Waals surface area (Å²) in [6.07, 6.45) is 3.88. The lowest BCUT2D eigenvalue weighted by atomic mass is 9.57. The third-order valence-corrected chi connectivity index (χ3v) is 10.8. The monoisotopic (exact) mass is 684 g/mol. The van der Waals surface area contributed by atoms with Gasteiger partial charge in [-0.15, -0.1) is 23.2 Å². The van der Waals surface area contributed by atoms with Crippen LogP contribution in [0.2, 0.25) is 0 Å². The number of methoxy groups -OCH3 is 1. The van der Waals surface area contributed by atoms with Crippen LogP contribution >= 0.6 is 23.2 Å². The standard InChI is InChI=1S/C31H23Cl2F5N2O6/c1-3-39-26(42)14-7-6-13-15(19(14)27(39)43)11-30(32)28(44)40(25-23(37)21(35)20(34)22(36)24(25)38)29(45)31(30,33)16(13)8-4-12-5-9-17(41)18(10-12)46-2/h4-6,8-10,14-16,19,41H,3,7,11H2,1-2H3/t14-,15+,16-,19-,30+,31-/m0/s1. The highest BCUT2D eigenvalue weighted by atomic mass is 35.5. The van der Waals surface area contributed by atoms with Gasteiger partial charge in [0.2, 0.25) is 17.6 Å². The van der Waals surface area contributed by atoms with E-state index < -0.39 is 98.2 Å². The quantitative estimate of drug-likeness (QED) is 0.116. The lowest BCUT2D eigenvalue weighted by molar-refractivity contribution is -0.140. The van der Waals surface area contributed by atoms with Crippen LogP contribution in [0.4, 0.5) is 27.6 Å². The molecule has 0 radical (unpaired) electrons. The van der Waals surface area contributed by atoms with Crippen molar-refractivity contribution in [3.8, 4) is 11.5 Å². The smallest absolute Gasteiger partial charge is 0.258 e. The van der Waals surface area contributed by atoms with Crippen LogP contribution in [-0.2, 0) is 19.2 Å². The topological polar surface area (TPSA) is 104 Å². The number of amides is 4. The maximum atomic E-state index is 15.0. The minimum Gasteiger partial charge on any atom is -0.504 e. The van der Waals surface area contributed by atoms with Gasteiger partial charge < -0.3 is 9.84 Å². The number of halogens is 7. The predicted molar refractivity (Wildman–Crippen MR) is 153 cm³/mol. The van der Waals surface area contributed by atoms with Gasteiger partial charge in [-0.1, -0.05) is 29.9 Å². The van der Waals surface area contributed by atoms with Crippen molar-refractivity contribution in [2.75, 3.05) is 18.6 Å². The van der Waals surface area contributed by atoms with Gasteiger partial charge in [0.15, 0.2) is 44.5 Å². The largest absolute Gasteiger partial charge is 0.504 e. The Morgan fingerprint density at radius 2 is 1.59 bits per heavy atom. The molecule has 2 aromatic rings. The third kappa shape index (κ3) is 4.03. The molecular formula is C31H23Cl2F5N2O6. The van der Waals surface area contributed by atoms with E-state index in [2.05, 4.69) is 0 Å². The van der Waals surface area contributed by atoms with E-state index in [9.17, 15) is 37.5 Å². The molecule has 4 amide bonds. The van der Waals surface area contributed by atoms with Crippen molar-refractivity contribution < 1.29 is 51.0 Å². The van der Waals surface area contributed by atoms with Gasteiger partial charge in [0.25, 0.3) is 11.8 Å². The minimum absolute atomic E-state index is 0.0562. The molecule has 8 nitrogen and oxygen atoms in total. The van der Waals surface area contributed by atoms with E-state index in [1.807, 2.05) is 0 Å². The summed E-state index contributed by atoms with van der Waals surface area (Å²) in [7, 11) is 1.31. The van der Waals surface area contributed by atoms with Crippen LogP contribution in [0.25, 0.3) is 6.08 Å². The molecule has 2 saturated heterocycles. The number of imide groups is 2. The molecule has 2 aromatic carbocycles. The Hall–Kier alpha value is -3.97. The van der Waals surface area contributed by atoms with Gasteiger partial charge in [0.05, 0.1) is 18.9 Å². The number of phenols is 1. The van der Waals surface area contributed by atoms with E-state index in [1.54, 1.807) is 13.0 Å². The maximum absolute atomic E-state index is 15.0. The average molecular weight is 685 g/mol. The number of likely N-dealkylation sites (tertiary alicyclic amines) is 1. The van der Waals surface area contributed by atoms with Crippen molar-refractivity contribution >= 4 is 58.6 Å². The molecule has 1 N–H and O–H groups in total. The van der Waals surface area contributed by atoms with Crippen LogP contribution in [0.5, 0.6) is 11.5 Å². The van der Waals surface area contributed by atoms with Crippen molar-refractivity contribution in [2.45, 2.75) is 29.5 Å². The maximum Gasteiger partial charge on any atom is 0.258 e. The number of alkyl halides is 2. The minimum atomic E-state index is -2.60. The number of carbonyl (C=O) groups is 4. The number of aromatic hydroxyl groups is 1. The summed E-state index contributed by atoms with van der Waals surface area (Å²) in [6.45, 7) is 1.67. The first-order chi connectivity index (χ1) is 21.6. The summed E-state index contributed by atoms with van der Waals surface area (Å²) in [6, 6.07) is 4.20. The average Bonchev–Trinajstić information content (AvgIpc) is 3.37. The molecule has 2 aliphatic heterocycles. The number of nitrogens with zero attached hydrogens (tertiary/aromatic N) is 2. The van der Waals surface area contributed by atoms with E-state index in [4.69, 9.17) is 27.9 Å². The number of carbonyl (C=O) groups excluding carboxylic acids is 4. The number of benzene rings is 2. The predicted octanol–water partition coefficient (Wildman–Crippen LogP) is 5.23. The van der Waals surface area contributed by atoms with E-state index >= 15 is 8.78 Å². The summed E-state index contributed by atoms with van der Waals surface area (Å²) >= 11 is 14.0. The molecule has 0 unspecified atom stereocenters. The van der Waals surface area contributed by atoms with Gasteiger partial charge in [-0.2, -0.15) is 0 Å². The number of rotatable bonds is 5. The second-order valence-corrected chi connectivity index (χ2v) is 12.7. The second-order valence-electron chi connectivity index (χ2n) is 11.4. The fourth-order valence-corrected chi connectivity index (χ4v) is 8.09. The lowest BCUT2D eigenvalue weighted by Crippen LogP contribution is -2.60. The normalized spacial score (nSPS) is 30.6. The lowest BCUT2D eigenvalue weighted by Gasteiger charge is -2.49. The number of anilines is 1. The fourth-order valence-electron chi connectivity index (χ4n) is 7.20. The van der Waals surface area contributed by atoms with E-state index in [1.165, 1.54) is 37.5 Å². The highest BCUT2D eigenvalue weighted by Gasteiger charge is 2.76. The van der Waals surface area contributed by atoms with Crippen LogP contribution < -0.4 is 9.64 Å². The van der Waals surface area contributed by atoms with Gasteiger partial charge in [-0.05, 0) is 43.4 Å². The Balaban J connectivity index is 1.56. The zero-order chi connectivity index (χ0) is 33.6. The van der Waals surface area contributed by atoms with Crippen LogP contribution in [0, 0.1) is 52.8 Å². The summed E-state index contributed by atoms with van der Waals surface area (Å²) in [5.41, 5.74) is -1.12. The van der Waals surface area contributed by atoms with E-state index in [-0.39, 0.29) is 29.4 Å². The van der Waals surface area contributed by atoms with Gasteiger partial charge in [0.1, 0.15) is 5.69 Å². The third-order valence-electron chi connectivity index (χ3n) is 9.37. The molecule has 6 rings (SSSR count). The summed E-state index contributed by atoms with van der Waals surface area (Å²) in [5, 5.41) is 10.00. The van der Waals surface area contributed by atoms with Gasteiger partial charge >= 0.3 is 0 Å². The number of hydrogen-bond acceptors (Lipinski definition) is 6. The first-order valence-electron chi connectivity index (χ1n) is 14.0. The van der Waals surface area contributed by atoms with Crippen molar-refractivity contribution in [2.24, 2.45) is 23.7 Å². The zero-order valence-corrected chi connectivity index (χ0v) is 25.4. The van der Waals surface area contributed by atoms with Crippen molar-refractivity contribution in [3.05, 3.63) is 70.6 Å². The van der Waals surface area contributed by atoms with Crippen LogP contribution in [-0.4, -0.2) is 57.0 Å². The molecule has 0 bridgehead atoms. The van der Waals surface area contributed by atoms with Crippen LogP contribution in [0.1, 0.15) is 25.3 Å². The molecule has 2 heterocycles. The Kier molecular flexibility index (Phi) is 7.51. The SMILES string of the molecule is CCN1C(=O)[C@H]2[C@H](CC=C3[C@H]2C[C@@]2(Cl)C(=O)N(c4c(F)c(F)c(F)c(F)c4F)C(=O)[C@@]2(Cl)[C@H]3C=Cc2ccc(O)c(OC)c2)C1=O. The molecule has 0 aromatic heterocycles. The molecule has 1 saturated carbocycles. The van der Waals surface area contributed by atoms with Crippen molar-refractivity contribution in [1.82, 2.24) is 4.90 Å². The van der Waals surface area contributed by atoms with Crippen LogP contribution in [0.3, 0.4) is 0 Å². The number of fused-ring (bicyclic) bond motifs is 4. The number of allylic oxidation sites excluding steroid dienone is 3. The van der Waals surface area contributed by atoms with Crippen molar-refractivity contribution in [1.29, 1.82) is 0 Å². The zero-order valence-electron chi connectivity index (χ0n) is 23.9. The molecule has 0 spiro atoms. The fraction of sp³-hybridized carbons (Fsp3) is 0.355. The molecule has 15 heteroatoms. The molecule has 2 aliphatic carbocycles. The first kappa shape index (κ1) is 32.0. The van der Waals surface area contributed by atoms with Gasteiger partial charge in [-0.3, -0.25) is 24.1 Å². The molecular weight excluding hydrogens is 662 g/mol. The summed E-state index contributed by atoms with van der Waals surface area (Å²) in [5.74, 6) is -20.7. The number of phenolic OH excluding ortho intramolecular Hbond substituents is 1. The van der Waals surface area contributed by atoms with Crippen molar-refractivity contribution in [3.63, 3.8) is 0 Å². The first-order valence-corrected chi connectivity index (χ1v) is 14.8. The van der Waals surface area contributed by atoms with Crippen LogP contribution in [0.15, 0.2) is 35.9 Å². The molecule has 46 heavy (non-hydrogen) atoms. The van der Waals surface area contributed by atoms with E-state index in [0.29, 0.717) is 11.1 Å². The second kappa shape index (κ2) is 10.8. The Morgan fingerprint density at radius 1 is 0.957 bits per heavy atom. The molecule has 242 valence electrons. The van der Waals surface area contributed by atoms with Gasteiger partial charge in [0, 0.05) is 12.5 Å². The Bertz CT molecular complexity index is 1790. The molecule has 3 fully saturated rings. The number of hydrogen-bond donors (Lipinski definition) is 1. The Labute approximate surface area is 268 Å². The Morgan fingerprint density at radius 3 is 2.20 bits per heavy atom. The molecule has 6 atom stereocenters. The highest BCUT2D eigenvalue weighted by Crippen LogP contribution is 2.63. The number of ether oxygens (including phenoxy) is 1. The van der Waals surface area contributed by atoms with E-state index in [0.717, 1.165) is 4.90 Å². The highest BCUT2D eigenvalue weighted by molar-refractivity contribution is 6.58. The summed E-state index contributed by atoms with van der Waals surface area (Å²) < 4.78 is 77.7. The van der Waals surface area contributed by atoms with Gasteiger partial charge in [-0.25, -0.2) is 26.9 Å².